The lowest BCUT2D eigenvalue weighted by Gasteiger charge is -2.07. The van der Waals surface area contributed by atoms with E-state index in [0.717, 1.165) is 0 Å². The molecule has 15 heavy (non-hydrogen) atoms. The molecule has 0 aliphatic heterocycles. The molecule has 0 aliphatic carbocycles. The van der Waals surface area contributed by atoms with Crippen molar-refractivity contribution in [2.75, 3.05) is 5.32 Å². The van der Waals surface area contributed by atoms with E-state index in [-0.39, 0.29) is 11.4 Å². The molecule has 0 saturated carbocycles. The van der Waals surface area contributed by atoms with Crippen molar-refractivity contribution in [3.8, 4) is 6.07 Å². The lowest BCUT2D eigenvalue weighted by molar-refractivity contribution is -0.115. The summed E-state index contributed by atoms with van der Waals surface area (Å²) >= 11 is 14.9. The molecule has 0 radical (unpaired) electrons. The van der Waals surface area contributed by atoms with E-state index in [4.69, 9.17) is 28.5 Å². The van der Waals surface area contributed by atoms with Gasteiger partial charge in [0, 0.05) is 4.47 Å². The fraction of sp³-hybridized carbons (Fsp3) is 0.111. The van der Waals surface area contributed by atoms with Crippen LogP contribution in [0.3, 0.4) is 0 Å². The van der Waals surface area contributed by atoms with E-state index in [0.29, 0.717) is 15.2 Å². The highest BCUT2D eigenvalue weighted by Gasteiger charge is 2.10. The first-order valence-corrected chi connectivity index (χ1v) is 5.41. The van der Waals surface area contributed by atoms with Crippen LogP contribution < -0.4 is 5.32 Å². The van der Waals surface area contributed by atoms with E-state index in [1.165, 1.54) is 0 Å². The number of amides is 1. The van der Waals surface area contributed by atoms with Crippen LogP contribution in [0.2, 0.25) is 10.0 Å². The Morgan fingerprint density at radius 3 is 2.73 bits per heavy atom. The summed E-state index contributed by atoms with van der Waals surface area (Å²) in [5, 5.41) is 11.4. The van der Waals surface area contributed by atoms with E-state index in [1.54, 1.807) is 18.2 Å². The maximum atomic E-state index is 11.1. The second-order valence-corrected chi connectivity index (χ2v) is 4.22. The molecule has 0 bridgehead atoms. The number of halogens is 3. The van der Waals surface area contributed by atoms with E-state index < -0.39 is 5.91 Å². The molecule has 0 heterocycles. The minimum atomic E-state index is -0.419. The molecule has 0 saturated heterocycles. The van der Waals surface area contributed by atoms with Gasteiger partial charge >= 0.3 is 0 Å². The normalized spacial score (nSPS) is 9.47. The average molecular weight is 308 g/mol. The third kappa shape index (κ3) is 3.10. The van der Waals surface area contributed by atoms with E-state index in [1.807, 2.05) is 0 Å². The molecule has 1 amide bonds. The van der Waals surface area contributed by atoms with Crippen molar-refractivity contribution in [2.45, 2.75) is 6.42 Å². The number of anilines is 1. The van der Waals surface area contributed by atoms with Gasteiger partial charge in [-0.1, -0.05) is 23.2 Å². The first-order chi connectivity index (χ1) is 7.06. The highest BCUT2D eigenvalue weighted by Crippen LogP contribution is 2.35. The lowest BCUT2D eigenvalue weighted by atomic mass is 10.3. The number of rotatable bonds is 2. The van der Waals surface area contributed by atoms with Gasteiger partial charge in [-0.15, -0.1) is 0 Å². The zero-order valence-electron chi connectivity index (χ0n) is 7.35. The highest BCUT2D eigenvalue weighted by atomic mass is 79.9. The molecular formula is C9H5BrCl2N2O. The molecule has 1 rings (SSSR count). The van der Waals surface area contributed by atoms with Crippen molar-refractivity contribution in [3.63, 3.8) is 0 Å². The standard InChI is InChI=1S/C9H5BrCl2N2O/c10-5-1-2-6(9(12)8(5)11)14-7(15)3-4-13/h1-2H,3H2,(H,14,15). The van der Waals surface area contributed by atoms with Crippen LogP contribution in [0.15, 0.2) is 16.6 Å². The van der Waals surface area contributed by atoms with Gasteiger partial charge in [0.25, 0.3) is 0 Å². The smallest absolute Gasteiger partial charge is 0.238 e. The predicted molar refractivity (Wildman–Crippen MR) is 63.0 cm³/mol. The molecule has 1 N–H and O–H groups in total. The van der Waals surface area contributed by atoms with Crippen molar-refractivity contribution in [3.05, 3.63) is 26.7 Å². The van der Waals surface area contributed by atoms with Crippen LogP contribution in [-0.4, -0.2) is 5.91 Å². The topological polar surface area (TPSA) is 52.9 Å². The summed E-state index contributed by atoms with van der Waals surface area (Å²) in [6.45, 7) is 0. The Balaban J connectivity index is 2.93. The van der Waals surface area contributed by atoms with Crippen molar-refractivity contribution in [1.82, 2.24) is 0 Å². The summed E-state index contributed by atoms with van der Waals surface area (Å²) in [7, 11) is 0. The van der Waals surface area contributed by atoms with Crippen LogP contribution in [0.4, 0.5) is 5.69 Å². The van der Waals surface area contributed by atoms with Gasteiger partial charge in [0.2, 0.25) is 5.91 Å². The molecule has 0 unspecified atom stereocenters. The van der Waals surface area contributed by atoms with Gasteiger partial charge in [0.1, 0.15) is 6.42 Å². The van der Waals surface area contributed by atoms with E-state index >= 15 is 0 Å². The van der Waals surface area contributed by atoms with Crippen LogP contribution in [-0.2, 0) is 4.79 Å². The predicted octanol–water partition coefficient (Wildman–Crippen LogP) is 3.61. The number of hydrogen-bond acceptors (Lipinski definition) is 2. The summed E-state index contributed by atoms with van der Waals surface area (Å²) in [5.41, 5.74) is 0.394. The molecule has 6 heteroatoms. The second-order valence-electron chi connectivity index (χ2n) is 2.61. The third-order valence-corrected chi connectivity index (χ3v) is 3.32. The van der Waals surface area contributed by atoms with Crippen molar-refractivity contribution in [2.24, 2.45) is 0 Å². The number of carbonyl (C=O) groups excluding carboxylic acids is 1. The van der Waals surface area contributed by atoms with Crippen molar-refractivity contribution < 1.29 is 4.79 Å². The zero-order chi connectivity index (χ0) is 11.4. The van der Waals surface area contributed by atoms with Crippen LogP contribution in [0.5, 0.6) is 0 Å². The maximum absolute atomic E-state index is 11.1. The minimum Gasteiger partial charge on any atom is -0.324 e. The average Bonchev–Trinajstić information content (AvgIpc) is 2.20. The van der Waals surface area contributed by atoms with Gasteiger partial charge in [0.15, 0.2) is 0 Å². The molecule has 0 aliphatic rings. The van der Waals surface area contributed by atoms with Crippen LogP contribution in [0.1, 0.15) is 6.42 Å². The van der Waals surface area contributed by atoms with Crippen LogP contribution in [0, 0.1) is 11.3 Å². The summed E-state index contributed by atoms with van der Waals surface area (Å²) in [4.78, 5) is 11.1. The Morgan fingerprint density at radius 2 is 2.13 bits per heavy atom. The molecule has 1 aromatic rings. The number of nitriles is 1. The maximum Gasteiger partial charge on any atom is 0.238 e. The summed E-state index contributed by atoms with van der Waals surface area (Å²) in [6.07, 6.45) is -0.218. The number of nitrogens with zero attached hydrogens (tertiary/aromatic N) is 1. The third-order valence-electron chi connectivity index (χ3n) is 1.55. The zero-order valence-corrected chi connectivity index (χ0v) is 10.4. The number of carbonyl (C=O) groups is 1. The summed E-state index contributed by atoms with van der Waals surface area (Å²) in [6, 6.07) is 5.00. The minimum absolute atomic E-state index is 0.218. The van der Waals surface area contributed by atoms with E-state index in [2.05, 4.69) is 21.2 Å². The molecule has 0 atom stereocenters. The van der Waals surface area contributed by atoms with Gasteiger partial charge < -0.3 is 5.32 Å². The van der Waals surface area contributed by atoms with Gasteiger partial charge in [-0.05, 0) is 28.1 Å². The van der Waals surface area contributed by atoms with Gasteiger partial charge in [0.05, 0.1) is 21.8 Å². The number of benzene rings is 1. The van der Waals surface area contributed by atoms with Crippen LogP contribution in [0.25, 0.3) is 0 Å². The molecule has 78 valence electrons. The fourth-order valence-corrected chi connectivity index (χ4v) is 1.71. The number of hydrogen-bond donors (Lipinski definition) is 1. The van der Waals surface area contributed by atoms with Crippen molar-refractivity contribution >= 4 is 50.7 Å². The molecule has 0 spiro atoms. The Labute approximate surface area is 105 Å². The Kier molecular flexibility index (Phi) is 4.40. The van der Waals surface area contributed by atoms with Gasteiger partial charge in [-0.2, -0.15) is 5.26 Å². The van der Waals surface area contributed by atoms with Gasteiger partial charge in [-0.25, -0.2) is 0 Å². The lowest BCUT2D eigenvalue weighted by Crippen LogP contribution is -2.10. The van der Waals surface area contributed by atoms with Crippen molar-refractivity contribution in [1.29, 1.82) is 5.26 Å². The Bertz CT molecular complexity index is 442. The SMILES string of the molecule is N#CCC(=O)Nc1ccc(Br)c(Cl)c1Cl. The molecule has 0 aromatic heterocycles. The summed E-state index contributed by atoms with van der Waals surface area (Å²) < 4.78 is 0.646. The van der Waals surface area contributed by atoms with Crippen LogP contribution >= 0.6 is 39.1 Å². The largest absolute Gasteiger partial charge is 0.324 e. The first kappa shape index (κ1) is 12.3. The van der Waals surface area contributed by atoms with E-state index in [9.17, 15) is 4.79 Å². The first-order valence-electron chi connectivity index (χ1n) is 3.86. The Morgan fingerprint density at radius 1 is 1.47 bits per heavy atom. The fourth-order valence-electron chi connectivity index (χ4n) is 0.889. The second kappa shape index (κ2) is 5.36. The van der Waals surface area contributed by atoms with Gasteiger partial charge in [-0.3, -0.25) is 4.79 Å². The Hall–Kier alpha value is -0.760. The molecular weight excluding hydrogens is 303 g/mol. The molecule has 0 fully saturated rings. The molecule has 3 nitrogen and oxygen atoms in total. The quantitative estimate of drug-likeness (QED) is 0.849. The molecule has 1 aromatic carbocycles. The monoisotopic (exact) mass is 306 g/mol. The highest BCUT2D eigenvalue weighted by molar-refractivity contribution is 9.10. The number of nitrogens with one attached hydrogen (secondary N) is 1. The summed E-state index contributed by atoms with van der Waals surface area (Å²) in [5.74, 6) is -0.419.